The Balaban J connectivity index is 1.35. The van der Waals surface area contributed by atoms with Crippen molar-refractivity contribution >= 4 is 27.9 Å². The van der Waals surface area contributed by atoms with E-state index in [9.17, 15) is 22.8 Å². The number of hydrogen-bond donors (Lipinski definition) is 0. The normalized spacial score (nSPS) is 32.0. The summed E-state index contributed by atoms with van der Waals surface area (Å²) in [4.78, 5) is 40.9. The highest BCUT2D eigenvalue weighted by Gasteiger charge is 2.59. The minimum absolute atomic E-state index is 0.121. The van der Waals surface area contributed by atoms with Crippen molar-refractivity contribution in [1.82, 2.24) is 18.4 Å². The monoisotopic (exact) mass is 424 g/mol. The van der Waals surface area contributed by atoms with Gasteiger partial charge in [-0.15, -0.1) is 0 Å². The Labute approximate surface area is 171 Å². The number of fused-ring (bicyclic) bond motifs is 5. The number of allylic oxidation sites excluding steroid dienone is 2. The summed E-state index contributed by atoms with van der Waals surface area (Å²) in [6.07, 6.45) is 4.91. The van der Waals surface area contributed by atoms with E-state index in [1.54, 1.807) is 18.7 Å². The summed E-state index contributed by atoms with van der Waals surface area (Å²) >= 11 is 0. The van der Waals surface area contributed by atoms with Crippen molar-refractivity contribution in [2.45, 2.75) is 20.3 Å². The van der Waals surface area contributed by atoms with Crippen molar-refractivity contribution in [3.63, 3.8) is 0 Å². The predicted molar refractivity (Wildman–Crippen MR) is 104 cm³/mol. The third-order valence-corrected chi connectivity index (χ3v) is 8.99. The zero-order valence-electron chi connectivity index (χ0n) is 16.9. The number of carbonyl (C=O) groups excluding carboxylic acids is 3. The molecule has 29 heavy (non-hydrogen) atoms. The number of imide groups is 1. The number of rotatable bonds is 6. The lowest BCUT2D eigenvalue weighted by atomic mass is 9.85. The summed E-state index contributed by atoms with van der Waals surface area (Å²) in [7, 11) is -3.53. The van der Waals surface area contributed by atoms with Crippen molar-refractivity contribution in [3.05, 3.63) is 12.2 Å². The second kappa shape index (κ2) is 7.48. The van der Waals surface area contributed by atoms with Gasteiger partial charge in [0, 0.05) is 39.3 Å². The van der Waals surface area contributed by atoms with Crippen LogP contribution >= 0.6 is 0 Å². The second-order valence-electron chi connectivity index (χ2n) is 8.13. The van der Waals surface area contributed by atoms with E-state index in [0.29, 0.717) is 13.1 Å². The van der Waals surface area contributed by atoms with Gasteiger partial charge in [-0.05, 0) is 18.3 Å². The molecule has 4 unspecified atom stereocenters. The molecular formula is C19H28N4O5S. The Bertz CT molecular complexity index is 815. The molecule has 1 saturated carbocycles. The number of hydrogen-bond acceptors (Lipinski definition) is 5. The number of likely N-dealkylation sites (tertiary alicyclic amines) is 1. The van der Waals surface area contributed by atoms with Gasteiger partial charge < -0.3 is 4.90 Å². The van der Waals surface area contributed by atoms with Crippen LogP contribution in [0.3, 0.4) is 0 Å². The van der Waals surface area contributed by atoms with Crippen LogP contribution in [0, 0.1) is 23.7 Å². The van der Waals surface area contributed by atoms with Gasteiger partial charge in [-0.25, -0.2) is 0 Å². The highest BCUT2D eigenvalue weighted by Crippen LogP contribution is 2.52. The summed E-state index contributed by atoms with van der Waals surface area (Å²) in [5.41, 5.74) is 0. The van der Waals surface area contributed by atoms with Gasteiger partial charge in [0.2, 0.25) is 17.7 Å². The van der Waals surface area contributed by atoms with Crippen molar-refractivity contribution in [3.8, 4) is 0 Å². The molecule has 0 aromatic rings. The zero-order valence-corrected chi connectivity index (χ0v) is 17.7. The van der Waals surface area contributed by atoms with Gasteiger partial charge in [-0.2, -0.15) is 17.0 Å². The van der Waals surface area contributed by atoms with Crippen LogP contribution in [0.2, 0.25) is 0 Å². The third kappa shape index (κ3) is 3.21. The lowest BCUT2D eigenvalue weighted by Crippen LogP contribution is -2.55. The van der Waals surface area contributed by atoms with Gasteiger partial charge >= 0.3 is 0 Å². The van der Waals surface area contributed by atoms with E-state index in [1.165, 1.54) is 8.61 Å². The fraction of sp³-hybridized carbons (Fsp3) is 0.737. The summed E-state index contributed by atoms with van der Waals surface area (Å²) < 4.78 is 28.0. The largest absolute Gasteiger partial charge is 0.338 e. The molecule has 2 aliphatic carbocycles. The predicted octanol–water partition coefficient (Wildman–Crippen LogP) is -0.476. The lowest BCUT2D eigenvalue weighted by molar-refractivity contribution is -0.147. The van der Waals surface area contributed by atoms with Crippen LogP contribution in [0.4, 0.5) is 0 Å². The van der Waals surface area contributed by atoms with E-state index in [0.717, 1.165) is 11.3 Å². The SMILES string of the molecule is CCN(CC)S(=O)(=O)N1CCN(C(=O)CN2C(=O)C3C4C=CC(C4)C3C2=O)CC1. The van der Waals surface area contributed by atoms with Gasteiger partial charge in [-0.1, -0.05) is 26.0 Å². The smallest absolute Gasteiger partial charge is 0.282 e. The zero-order chi connectivity index (χ0) is 20.9. The molecule has 0 spiro atoms. The molecule has 0 N–H and O–H groups in total. The maximum Gasteiger partial charge on any atom is 0.282 e. The average Bonchev–Trinajstić information content (AvgIpc) is 3.39. The fourth-order valence-corrected chi connectivity index (χ4v) is 6.84. The number of piperazine rings is 1. The van der Waals surface area contributed by atoms with E-state index < -0.39 is 10.2 Å². The molecule has 2 saturated heterocycles. The van der Waals surface area contributed by atoms with E-state index in [-0.39, 0.29) is 74.1 Å². The maximum atomic E-state index is 12.7. The first-order valence-electron chi connectivity index (χ1n) is 10.4. The van der Waals surface area contributed by atoms with Gasteiger partial charge in [0.15, 0.2) is 0 Å². The van der Waals surface area contributed by atoms with Crippen LogP contribution < -0.4 is 0 Å². The van der Waals surface area contributed by atoms with E-state index in [1.807, 2.05) is 12.2 Å². The average molecular weight is 425 g/mol. The first kappa shape index (κ1) is 20.5. The minimum atomic E-state index is -3.53. The lowest BCUT2D eigenvalue weighted by Gasteiger charge is -2.36. The molecule has 4 rings (SSSR count). The summed E-state index contributed by atoms with van der Waals surface area (Å²) in [6, 6.07) is 0. The molecule has 2 bridgehead atoms. The molecule has 160 valence electrons. The molecule has 0 radical (unpaired) electrons. The number of carbonyl (C=O) groups is 3. The molecule has 10 heteroatoms. The molecule has 2 aliphatic heterocycles. The molecule has 3 amide bonds. The van der Waals surface area contributed by atoms with Gasteiger partial charge in [-0.3, -0.25) is 19.3 Å². The van der Waals surface area contributed by atoms with Crippen LogP contribution in [0.1, 0.15) is 20.3 Å². The molecule has 9 nitrogen and oxygen atoms in total. The minimum Gasteiger partial charge on any atom is -0.338 e. The molecular weight excluding hydrogens is 396 g/mol. The molecule has 4 atom stereocenters. The number of nitrogens with zero attached hydrogens (tertiary/aromatic N) is 4. The molecule has 4 aliphatic rings. The summed E-state index contributed by atoms with van der Waals surface area (Å²) in [5.74, 6) is -1.12. The van der Waals surface area contributed by atoms with Crippen molar-refractivity contribution in [2.75, 3.05) is 45.8 Å². The van der Waals surface area contributed by atoms with Crippen molar-refractivity contribution in [1.29, 1.82) is 0 Å². The second-order valence-corrected chi connectivity index (χ2v) is 10.1. The third-order valence-electron chi connectivity index (χ3n) is 6.80. The Morgan fingerprint density at radius 3 is 2.00 bits per heavy atom. The van der Waals surface area contributed by atoms with Gasteiger partial charge in [0.1, 0.15) is 6.54 Å². The first-order chi connectivity index (χ1) is 13.8. The molecule has 3 fully saturated rings. The van der Waals surface area contributed by atoms with Crippen LogP contribution in [-0.2, 0) is 24.6 Å². The molecule has 2 heterocycles. The summed E-state index contributed by atoms with van der Waals surface area (Å²) in [6.45, 7) is 5.09. The van der Waals surface area contributed by atoms with E-state index >= 15 is 0 Å². The highest BCUT2D eigenvalue weighted by atomic mass is 32.2. The Morgan fingerprint density at radius 2 is 1.52 bits per heavy atom. The van der Waals surface area contributed by atoms with Crippen LogP contribution in [0.15, 0.2) is 12.2 Å². The quantitative estimate of drug-likeness (QED) is 0.424. The van der Waals surface area contributed by atoms with Gasteiger partial charge in [0.05, 0.1) is 11.8 Å². The highest BCUT2D eigenvalue weighted by molar-refractivity contribution is 7.86. The van der Waals surface area contributed by atoms with E-state index in [4.69, 9.17) is 0 Å². The van der Waals surface area contributed by atoms with Crippen LogP contribution in [0.5, 0.6) is 0 Å². The standard InChI is InChI=1S/C19H28N4O5S/c1-3-21(4-2)29(27,28)22-9-7-20(8-10-22)15(24)12-23-18(25)16-13-5-6-14(11-13)17(16)19(23)26/h5-6,13-14,16-17H,3-4,7-12H2,1-2H3. The Hall–Kier alpha value is -1.78. The topological polar surface area (TPSA) is 98.3 Å². The van der Waals surface area contributed by atoms with E-state index in [2.05, 4.69) is 0 Å². The Kier molecular flexibility index (Phi) is 5.28. The van der Waals surface area contributed by atoms with Crippen LogP contribution in [0.25, 0.3) is 0 Å². The number of amides is 3. The first-order valence-corrected chi connectivity index (χ1v) is 11.8. The van der Waals surface area contributed by atoms with Gasteiger partial charge in [0.25, 0.3) is 10.2 Å². The van der Waals surface area contributed by atoms with Crippen LogP contribution in [-0.4, -0.2) is 90.4 Å². The fourth-order valence-electron chi connectivity index (χ4n) is 5.24. The Morgan fingerprint density at radius 1 is 1.00 bits per heavy atom. The summed E-state index contributed by atoms with van der Waals surface area (Å²) in [5, 5.41) is 0. The maximum absolute atomic E-state index is 12.7. The van der Waals surface area contributed by atoms with Crippen molar-refractivity contribution < 1.29 is 22.8 Å². The van der Waals surface area contributed by atoms with Crippen molar-refractivity contribution in [2.24, 2.45) is 23.7 Å². The molecule has 0 aromatic carbocycles. The molecule has 0 aromatic heterocycles.